The predicted molar refractivity (Wildman–Crippen MR) is 145 cm³/mol. The van der Waals surface area contributed by atoms with E-state index in [-0.39, 0.29) is 0 Å². The van der Waals surface area contributed by atoms with Crippen LogP contribution in [-0.2, 0) is 19.4 Å². The summed E-state index contributed by atoms with van der Waals surface area (Å²) in [5.41, 5.74) is 4.22. The normalized spacial score (nSPS) is 17.7. The second kappa shape index (κ2) is 10.2. The summed E-state index contributed by atoms with van der Waals surface area (Å²) in [6.07, 6.45) is 5.95. The van der Waals surface area contributed by atoms with E-state index in [1.54, 1.807) is 16.3 Å². The van der Waals surface area contributed by atoms with E-state index in [0.29, 0.717) is 18.3 Å². The molecule has 2 aliphatic heterocycles. The lowest BCUT2D eigenvalue weighted by atomic mass is 9.95. The van der Waals surface area contributed by atoms with Gasteiger partial charge in [0, 0.05) is 59.2 Å². The first-order valence-electron chi connectivity index (χ1n) is 13.2. The van der Waals surface area contributed by atoms with Crippen molar-refractivity contribution in [1.29, 1.82) is 0 Å². The first-order valence-corrected chi connectivity index (χ1v) is 14.0. The highest BCUT2D eigenvalue weighted by molar-refractivity contribution is 7.99. The summed E-state index contributed by atoms with van der Waals surface area (Å²) in [6, 6.07) is 17.0. The molecule has 1 saturated heterocycles. The zero-order valence-corrected chi connectivity index (χ0v) is 21.5. The van der Waals surface area contributed by atoms with E-state index in [1.165, 1.54) is 15.4 Å². The number of hydrogen-bond acceptors (Lipinski definition) is 6. The van der Waals surface area contributed by atoms with E-state index >= 15 is 0 Å². The Labute approximate surface area is 217 Å². The van der Waals surface area contributed by atoms with Gasteiger partial charge in [0.05, 0.1) is 5.69 Å². The van der Waals surface area contributed by atoms with Crippen LogP contribution in [-0.4, -0.2) is 63.1 Å². The maximum atomic E-state index is 10.6. The van der Waals surface area contributed by atoms with E-state index in [0.717, 1.165) is 93.9 Å². The summed E-state index contributed by atoms with van der Waals surface area (Å²) in [6.45, 7) is 5.68. The first-order chi connectivity index (χ1) is 17.7. The molecule has 0 unspecified atom stereocenters. The monoisotopic (exact) mass is 502 g/mol. The van der Waals surface area contributed by atoms with Crippen molar-refractivity contribution >= 4 is 23.3 Å². The van der Waals surface area contributed by atoms with Gasteiger partial charge >= 0.3 is 0 Å². The van der Waals surface area contributed by atoms with Crippen molar-refractivity contribution in [3.05, 3.63) is 65.2 Å². The second-order valence-corrected chi connectivity index (χ2v) is 11.1. The lowest BCUT2D eigenvalue weighted by molar-refractivity contribution is 0.178. The molecule has 0 spiro atoms. The number of hydrogen-bond donors (Lipinski definition) is 2. The van der Waals surface area contributed by atoms with Gasteiger partial charge < -0.3 is 15.1 Å². The van der Waals surface area contributed by atoms with Crippen LogP contribution in [0.5, 0.6) is 11.8 Å². The summed E-state index contributed by atoms with van der Waals surface area (Å²) < 4.78 is 1.73. The molecule has 0 amide bonds. The Morgan fingerprint density at radius 1 is 0.750 bits per heavy atom. The summed E-state index contributed by atoms with van der Waals surface area (Å²) in [7, 11) is 0. The molecule has 3 aliphatic rings. The number of aliphatic imine (C=N–C) groups is 1. The van der Waals surface area contributed by atoms with Gasteiger partial charge in [0.1, 0.15) is 5.84 Å². The lowest BCUT2D eigenvalue weighted by Gasteiger charge is -2.36. The standard InChI is InChI=1S/C29H34N4O2S/c34-28-21-9-1-2-10-22(21)29(35)33(28)16-8-7-15-31-17-19-32(20-18-31)27-23-11-3-5-13-25(23)36-26-14-6-4-12-24(26)30-27/h3-6,11-14,34-35H,1-2,7-10,15-20H2. The topological polar surface area (TPSA) is 64.2 Å². The maximum Gasteiger partial charge on any atom is 0.197 e. The third-order valence-corrected chi connectivity index (χ3v) is 8.88. The average Bonchev–Trinajstić information content (AvgIpc) is 3.06. The number of aromatic hydroxyl groups is 2. The van der Waals surface area contributed by atoms with Crippen LogP contribution in [0, 0.1) is 0 Å². The van der Waals surface area contributed by atoms with Crippen LogP contribution in [0.25, 0.3) is 0 Å². The number of rotatable bonds is 5. The number of benzene rings is 2. The Morgan fingerprint density at radius 3 is 2.14 bits per heavy atom. The number of amidine groups is 1. The highest BCUT2D eigenvalue weighted by Crippen LogP contribution is 2.41. The Bertz CT molecular complexity index is 1250. The van der Waals surface area contributed by atoms with Crippen molar-refractivity contribution in [2.75, 3.05) is 32.7 Å². The molecule has 6 rings (SSSR count). The van der Waals surface area contributed by atoms with Crippen molar-refractivity contribution in [2.24, 2.45) is 4.99 Å². The molecule has 3 aromatic rings. The number of nitrogens with zero attached hydrogens (tertiary/aromatic N) is 4. The molecule has 6 nitrogen and oxygen atoms in total. The Kier molecular flexibility index (Phi) is 6.67. The van der Waals surface area contributed by atoms with Crippen LogP contribution < -0.4 is 0 Å². The Hall–Kier alpha value is -2.90. The highest BCUT2D eigenvalue weighted by atomic mass is 32.2. The summed E-state index contributed by atoms with van der Waals surface area (Å²) in [5.74, 6) is 1.67. The van der Waals surface area contributed by atoms with Crippen molar-refractivity contribution in [1.82, 2.24) is 14.4 Å². The van der Waals surface area contributed by atoms with Crippen molar-refractivity contribution in [3.63, 3.8) is 0 Å². The second-order valence-electron chi connectivity index (χ2n) is 10.0. The Balaban J connectivity index is 1.06. The smallest absolute Gasteiger partial charge is 0.197 e. The summed E-state index contributed by atoms with van der Waals surface area (Å²) in [4.78, 5) is 12.6. The first kappa shape index (κ1) is 23.5. The van der Waals surface area contributed by atoms with Crippen LogP contribution >= 0.6 is 11.8 Å². The van der Waals surface area contributed by atoms with Gasteiger partial charge in [-0.2, -0.15) is 0 Å². The zero-order valence-electron chi connectivity index (χ0n) is 20.7. The fraction of sp³-hybridized carbons (Fsp3) is 0.414. The van der Waals surface area contributed by atoms with E-state index < -0.39 is 0 Å². The van der Waals surface area contributed by atoms with Gasteiger partial charge in [-0.25, -0.2) is 4.99 Å². The van der Waals surface area contributed by atoms with Crippen LogP contribution in [0.1, 0.15) is 42.4 Å². The van der Waals surface area contributed by atoms with Crippen LogP contribution in [0.4, 0.5) is 5.69 Å². The maximum absolute atomic E-state index is 10.6. The van der Waals surface area contributed by atoms with Gasteiger partial charge in [-0.05, 0) is 63.3 Å². The molecule has 2 N–H and O–H groups in total. The minimum atomic E-state index is 0.292. The van der Waals surface area contributed by atoms with Crippen LogP contribution in [0.15, 0.2) is 63.3 Å². The number of para-hydroxylation sites is 1. The third-order valence-electron chi connectivity index (χ3n) is 7.74. The van der Waals surface area contributed by atoms with E-state index in [4.69, 9.17) is 4.99 Å². The number of aromatic nitrogens is 1. The quantitative estimate of drug-likeness (QED) is 0.456. The minimum Gasteiger partial charge on any atom is -0.494 e. The molecule has 1 aromatic heterocycles. The SMILES string of the molecule is Oc1c2c(c(O)n1CCCCN1CCN(C3=Nc4ccccc4Sc4ccccc43)CC1)CCCC2. The average molecular weight is 503 g/mol. The minimum absolute atomic E-state index is 0.292. The van der Waals surface area contributed by atoms with Gasteiger partial charge in [-0.1, -0.05) is 42.1 Å². The summed E-state index contributed by atoms with van der Waals surface area (Å²) in [5, 5.41) is 21.2. The molecular formula is C29H34N4O2S. The Morgan fingerprint density at radius 2 is 1.39 bits per heavy atom. The molecular weight excluding hydrogens is 468 g/mol. The molecule has 188 valence electrons. The molecule has 2 aromatic carbocycles. The van der Waals surface area contributed by atoms with Crippen LogP contribution in [0.2, 0.25) is 0 Å². The molecule has 0 saturated carbocycles. The third kappa shape index (κ3) is 4.50. The van der Waals surface area contributed by atoms with Gasteiger partial charge in [0.2, 0.25) is 0 Å². The molecule has 3 heterocycles. The summed E-state index contributed by atoms with van der Waals surface area (Å²) >= 11 is 1.80. The van der Waals surface area contributed by atoms with Crippen molar-refractivity contribution in [2.45, 2.75) is 54.9 Å². The largest absolute Gasteiger partial charge is 0.494 e. The van der Waals surface area contributed by atoms with Gasteiger partial charge in [0.25, 0.3) is 0 Å². The molecule has 36 heavy (non-hydrogen) atoms. The molecule has 1 aliphatic carbocycles. The zero-order chi connectivity index (χ0) is 24.5. The van der Waals surface area contributed by atoms with E-state index in [9.17, 15) is 10.2 Å². The number of piperazine rings is 1. The molecule has 7 heteroatoms. The highest BCUT2D eigenvalue weighted by Gasteiger charge is 2.26. The lowest BCUT2D eigenvalue weighted by Crippen LogP contribution is -2.49. The van der Waals surface area contributed by atoms with E-state index in [1.807, 2.05) is 0 Å². The van der Waals surface area contributed by atoms with Gasteiger partial charge in [0.15, 0.2) is 11.8 Å². The molecule has 0 radical (unpaired) electrons. The van der Waals surface area contributed by atoms with Gasteiger partial charge in [-0.15, -0.1) is 0 Å². The van der Waals surface area contributed by atoms with Gasteiger partial charge in [-0.3, -0.25) is 9.47 Å². The molecule has 1 fully saturated rings. The fourth-order valence-electron chi connectivity index (χ4n) is 5.74. The molecule has 0 atom stereocenters. The molecule has 0 bridgehead atoms. The fourth-order valence-corrected chi connectivity index (χ4v) is 6.75. The number of unbranched alkanes of at least 4 members (excludes halogenated alkanes) is 1. The van der Waals surface area contributed by atoms with Crippen molar-refractivity contribution in [3.8, 4) is 11.8 Å². The van der Waals surface area contributed by atoms with E-state index in [2.05, 4.69) is 58.3 Å². The number of fused-ring (bicyclic) bond motifs is 3. The van der Waals surface area contributed by atoms with Crippen molar-refractivity contribution < 1.29 is 10.2 Å². The van der Waals surface area contributed by atoms with Crippen LogP contribution in [0.3, 0.4) is 0 Å². The predicted octanol–water partition coefficient (Wildman–Crippen LogP) is 5.42.